The molecule has 10 heavy (non-hydrogen) atoms. The minimum atomic E-state index is 0.183. The first kappa shape index (κ1) is 10.4. The summed E-state index contributed by atoms with van der Waals surface area (Å²) in [6, 6.07) is 0. The molecule has 0 atom stereocenters. The van der Waals surface area contributed by atoms with Gasteiger partial charge in [0.25, 0.3) is 0 Å². The van der Waals surface area contributed by atoms with E-state index < -0.39 is 0 Å². The van der Waals surface area contributed by atoms with E-state index in [2.05, 4.69) is 24.4 Å². The van der Waals surface area contributed by atoms with E-state index in [1.807, 2.05) is 0 Å². The molecular formula is C2H4N2O2S4. The predicted octanol–water partition coefficient (Wildman–Crippen LogP) is 0.895. The zero-order valence-corrected chi connectivity index (χ0v) is 7.79. The lowest BCUT2D eigenvalue weighted by molar-refractivity contribution is 0.240. The van der Waals surface area contributed by atoms with Crippen LogP contribution in [0.3, 0.4) is 0 Å². The van der Waals surface area contributed by atoms with Gasteiger partial charge in [0.1, 0.15) is 0 Å². The zero-order chi connectivity index (χ0) is 7.98. The van der Waals surface area contributed by atoms with Crippen molar-refractivity contribution < 1.29 is 10.4 Å². The SMILES string of the molecule is ONC(=S)SSC(=S)NO. The van der Waals surface area contributed by atoms with Crippen LogP contribution in [-0.2, 0) is 0 Å². The van der Waals surface area contributed by atoms with E-state index in [1.54, 1.807) is 11.0 Å². The lowest BCUT2D eigenvalue weighted by Gasteiger charge is -1.99. The molecule has 0 heterocycles. The summed E-state index contributed by atoms with van der Waals surface area (Å²) in [6.45, 7) is 0. The number of hydrogen-bond donors (Lipinski definition) is 4. The van der Waals surface area contributed by atoms with Gasteiger partial charge in [0, 0.05) is 0 Å². The highest BCUT2D eigenvalue weighted by atomic mass is 33.1. The van der Waals surface area contributed by atoms with Gasteiger partial charge in [-0.2, -0.15) is 0 Å². The first-order chi connectivity index (χ1) is 4.70. The summed E-state index contributed by atoms with van der Waals surface area (Å²) in [7, 11) is 2.06. The minimum Gasteiger partial charge on any atom is -0.290 e. The lowest BCUT2D eigenvalue weighted by Crippen LogP contribution is -2.14. The van der Waals surface area contributed by atoms with Crippen LogP contribution in [-0.4, -0.2) is 19.1 Å². The van der Waals surface area contributed by atoms with Crippen LogP contribution in [0, 0.1) is 0 Å². The number of thiocarbonyl (C=S) groups is 2. The highest BCUT2D eigenvalue weighted by Gasteiger charge is 1.98. The predicted molar refractivity (Wildman–Crippen MR) is 50.2 cm³/mol. The van der Waals surface area contributed by atoms with E-state index in [-0.39, 0.29) is 8.64 Å². The Kier molecular flexibility index (Phi) is 6.38. The van der Waals surface area contributed by atoms with E-state index in [0.717, 1.165) is 21.6 Å². The molecule has 0 saturated heterocycles. The van der Waals surface area contributed by atoms with Crippen LogP contribution < -0.4 is 11.0 Å². The highest BCUT2D eigenvalue weighted by molar-refractivity contribution is 8.89. The normalized spacial score (nSPS) is 8.60. The van der Waals surface area contributed by atoms with Gasteiger partial charge in [0.15, 0.2) is 8.64 Å². The van der Waals surface area contributed by atoms with Gasteiger partial charge in [-0.1, -0.05) is 0 Å². The zero-order valence-electron chi connectivity index (χ0n) is 4.53. The molecule has 0 spiro atoms. The van der Waals surface area contributed by atoms with Crippen LogP contribution in [0.25, 0.3) is 0 Å². The van der Waals surface area contributed by atoms with Crippen molar-refractivity contribution >= 4 is 54.7 Å². The van der Waals surface area contributed by atoms with E-state index >= 15 is 0 Å². The molecule has 0 rings (SSSR count). The molecular weight excluding hydrogens is 212 g/mol. The smallest absolute Gasteiger partial charge is 0.168 e. The fourth-order valence-electron chi connectivity index (χ4n) is 0.113. The van der Waals surface area contributed by atoms with Gasteiger partial charge in [-0.05, 0) is 46.0 Å². The number of hydroxylamine groups is 2. The molecule has 4 nitrogen and oxygen atoms in total. The Morgan fingerprint density at radius 3 is 1.50 bits per heavy atom. The first-order valence-corrected chi connectivity index (χ1v) is 4.90. The van der Waals surface area contributed by atoms with Crippen LogP contribution in [0.1, 0.15) is 0 Å². The summed E-state index contributed by atoms with van der Waals surface area (Å²) in [5, 5.41) is 16.3. The standard InChI is InChI=1S/C2H4N2O2S4/c5-3-1(7)9-10-2(8)4-6/h5-6H,(H,3,7)(H,4,8). The Morgan fingerprint density at radius 2 is 1.30 bits per heavy atom. The molecule has 0 aliphatic rings. The van der Waals surface area contributed by atoms with E-state index in [9.17, 15) is 0 Å². The molecule has 0 radical (unpaired) electrons. The first-order valence-electron chi connectivity index (χ1n) is 1.93. The number of rotatable bonds is 0. The van der Waals surface area contributed by atoms with Gasteiger partial charge < -0.3 is 0 Å². The van der Waals surface area contributed by atoms with Gasteiger partial charge in [-0.15, -0.1) is 0 Å². The largest absolute Gasteiger partial charge is 0.290 e. The molecule has 0 fully saturated rings. The molecule has 0 aromatic rings. The third-order valence-electron chi connectivity index (χ3n) is 0.376. The molecule has 0 aliphatic carbocycles. The monoisotopic (exact) mass is 216 g/mol. The molecule has 58 valence electrons. The second-order valence-electron chi connectivity index (χ2n) is 0.965. The molecule has 4 N–H and O–H groups in total. The quantitative estimate of drug-likeness (QED) is 0.271. The Bertz CT molecular complexity index is 123. The van der Waals surface area contributed by atoms with E-state index in [4.69, 9.17) is 10.4 Å². The summed E-state index contributed by atoms with van der Waals surface area (Å²) in [5.74, 6) is 0. The van der Waals surface area contributed by atoms with Crippen LogP contribution in [0.5, 0.6) is 0 Å². The van der Waals surface area contributed by atoms with Crippen molar-refractivity contribution in [1.82, 2.24) is 11.0 Å². The topological polar surface area (TPSA) is 64.5 Å². The van der Waals surface area contributed by atoms with Crippen LogP contribution in [0.15, 0.2) is 0 Å². The Balaban J connectivity index is 3.35. The second kappa shape index (κ2) is 6.13. The van der Waals surface area contributed by atoms with E-state index in [1.165, 1.54) is 0 Å². The van der Waals surface area contributed by atoms with Crippen molar-refractivity contribution in [3.63, 3.8) is 0 Å². The van der Waals surface area contributed by atoms with Gasteiger partial charge in [0.05, 0.1) is 0 Å². The number of nitrogens with one attached hydrogen (secondary N) is 2. The average Bonchev–Trinajstić information content (AvgIpc) is 1.99. The second-order valence-corrected chi connectivity index (χ2v) is 4.45. The average molecular weight is 216 g/mol. The van der Waals surface area contributed by atoms with Gasteiger partial charge in [-0.25, -0.2) is 0 Å². The fraction of sp³-hybridized carbons (Fsp3) is 0. The maximum Gasteiger partial charge on any atom is 0.168 e. The highest BCUT2D eigenvalue weighted by Crippen LogP contribution is 2.22. The fourth-order valence-corrected chi connectivity index (χ4v) is 1.63. The van der Waals surface area contributed by atoms with Crippen molar-refractivity contribution in [3.8, 4) is 0 Å². The molecule has 0 aliphatic heterocycles. The molecule has 0 bridgehead atoms. The van der Waals surface area contributed by atoms with Gasteiger partial charge in [0.2, 0.25) is 0 Å². The summed E-state index contributed by atoms with van der Waals surface area (Å²) in [4.78, 5) is 0. The van der Waals surface area contributed by atoms with Crippen molar-refractivity contribution in [2.75, 3.05) is 0 Å². The number of hydrogen-bond acceptors (Lipinski definition) is 6. The Hall–Kier alpha value is 0.400. The van der Waals surface area contributed by atoms with Crippen LogP contribution in [0.2, 0.25) is 0 Å². The van der Waals surface area contributed by atoms with Crippen LogP contribution in [0.4, 0.5) is 0 Å². The Labute approximate surface area is 76.1 Å². The molecule has 0 unspecified atom stereocenters. The molecule has 0 saturated carbocycles. The van der Waals surface area contributed by atoms with Crippen molar-refractivity contribution in [1.29, 1.82) is 0 Å². The molecule has 0 amide bonds. The van der Waals surface area contributed by atoms with Crippen molar-refractivity contribution in [3.05, 3.63) is 0 Å². The molecule has 8 heteroatoms. The minimum absolute atomic E-state index is 0.183. The summed E-state index contributed by atoms with van der Waals surface area (Å²) in [5.41, 5.74) is 3.50. The van der Waals surface area contributed by atoms with Crippen LogP contribution >= 0.6 is 46.0 Å². The molecule has 0 aromatic carbocycles. The Morgan fingerprint density at radius 1 is 1.00 bits per heavy atom. The van der Waals surface area contributed by atoms with E-state index in [0.29, 0.717) is 0 Å². The van der Waals surface area contributed by atoms with Crippen molar-refractivity contribution in [2.45, 2.75) is 0 Å². The molecule has 0 aromatic heterocycles. The summed E-state index contributed by atoms with van der Waals surface area (Å²) >= 11 is 9.07. The summed E-state index contributed by atoms with van der Waals surface area (Å²) in [6.07, 6.45) is 0. The maximum absolute atomic E-state index is 8.17. The van der Waals surface area contributed by atoms with Crippen molar-refractivity contribution in [2.24, 2.45) is 0 Å². The third kappa shape index (κ3) is 5.21. The summed E-state index contributed by atoms with van der Waals surface area (Å²) < 4.78 is 0.366. The maximum atomic E-state index is 8.17. The lowest BCUT2D eigenvalue weighted by atomic mass is 11.5. The van der Waals surface area contributed by atoms with Gasteiger partial charge in [-0.3, -0.25) is 21.4 Å². The third-order valence-corrected chi connectivity index (χ3v) is 3.51. The van der Waals surface area contributed by atoms with Gasteiger partial charge >= 0.3 is 0 Å².